The Kier molecular flexibility index (Phi) is 5.44. The molecule has 21 heavy (non-hydrogen) atoms. The molecule has 0 amide bonds. The van der Waals surface area contributed by atoms with Crippen molar-refractivity contribution in [1.82, 2.24) is 4.72 Å². The highest BCUT2D eigenvalue weighted by molar-refractivity contribution is 7.89. The Balaban J connectivity index is 1.85. The minimum Gasteiger partial charge on any atom is -0.398 e. The van der Waals surface area contributed by atoms with Crippen LogP contribution in [0.15, 0.2) is 23.1 Å². The van der Waals surface area contributed by atoms with E-state index in [2.05, 4.69) is 10.0 Å². The molecule has 1 aliphatic carbocycles. The van der Waals surface area contributed by atoms with E-state index in [1.807, 2.05) is 0 Å². The van der Waals surface area contributed by atoms with E-state index >= 15 is 0 Å². The predicted molar refractivity (Wildman–Crippen MR) is 83.8 cm³/mol. The summed E-state index contributed by atoms with van der Waals surface area (Å²) in [7, 11) is -2.15. The van der Waals surface area contributed by atoms with Gasteiger partial charge in [-0.1, -0.05) is 12.8 Å². The fraction of sp³-hybridized carbons (Fsp3) is 0.571. The second-order valence-corrected chi connectivity index (χ2v) is 7.02. The van der Waals surface area contributed by atoms with Gasteiger partial charge < -0.3 is 15.8 Å². The van der Waals surface area contributed by atoms with Crippen LogP contribution in [0.4, 0.5) is 11.4 Å². The molecule has 1 aromatic carbocycles. The Hall–Kier alpha value is -1.31. The molecule has 0 bridgehead atoms. The maximum Gasteiger partial charge on any atom is 0.242 e. The molecule has 0 aliphatic heterocycles. The largest absolute Gasteiger partial charge is 0.398 e. The minimum atomic E-state index is -3.51. The number of nitrogens with one attached hydrogen (secondary N) is 2. The van der Waals surface area contributed by atoms with Crippen LogP contribution in [0.25, 0.3) is 0 Å². The van der Waals surface area contributed by atoms with Gasteiger partial charge in [0.25, 0.3) is 0 Å². The van der Waals surface area contributed by atoms with Gasteiger partial charge in [-0.25, -0.2) is 13.1 Å². The molecule has 0 atom stereocenters. The van der Waals surface area contributed by atoms with E-state index in [9.17, 15) is 8.42 Å². The van der Waals surface area contributed by atoms with Gasteiger partial charge in [0, 0.05) is 12.2 Å². The summed E-state index contributed by atoms with van der Waals surface area (Å²) in [6.45, 7) is 1.31. The number of ether oxygens (including phenoxy) is 1. The maximum absolute atomic E-state index is 11.7. The van der Waals surface area contributed by atoms with Crippen LogP contribution in [0.2, 0.25) is 0 Å². The summed E-state index contributed by atoms with van der Waals surface area (Å²) in [4.78, 5) is 0.0951. The van der Waals surface area contributed by atoms with Crippen molar-refractivity contribution in [1.29, 1.82) is 0 Å². The van der Waals surface area contributed by atoms with E-state index in [1.165, 1.54) is 26.0 Å². The molecule has 1 fully saturated rings. The number of benzene rings is 1. The molecule has 0 aromatic heterocycles. The van der Waals surface area contributed by atoms with Crippen LogP contribution in [0.3, 0.4) is 0 Å². The molecule has 1 aromatic rings. The molecule has 4 N–H and O–H groups in total. The van der Waals surface area contributed by atoms with Gasteiger partial charge >= 0.3 is 0 Å². The third-order valence-corrected chi connectivity index (χ3v) is 5.14. The molecule has 0 unspecified atom stereocenters. The molecule has 1 saturated carbocycles. The first-order chi connectivity index (χ1) is 10.0. The number of anilines is 2. The van der Waals surface area contributed by atoms with E-state index in [-0.39, 0.29) is 10.6 Å². The van der Waals surface area contributed by atoms with E-state index < -0.39 is 10.0 Å². The van der Waals surface area contributed by atoms with Crippen LogP contribution < -0.4 is 15.8 Å². The van der Waals surface area contributed by atoms with Crippen LogP contribution >= 0.6 is 0 Å². The van der Waals surface area contributed by atoms with E-state index in [4.69, 9.17) is 10.5 Å². The quantitative estimate of drug-likeness (QED) is 0.524. The summed E-state index contributed by atoms with van der Waals surface area (Å²) >= 11 is 0. The van der Waals surface area contributed by atoms with E-state index in [0.717, 1.165) is 18.5 Å². The average molecular weight is 313 g/mol. The maximum atomic E-state index is 11.7. The number of nitrogens with two attached hydrogens (primary N) is 1. The Morgan fingerprint density at radius 3 is 2.67 bits per heavy atom. The number of hydrogen-bond donors (Lipinski definition) is 3. The van der Waals surface area contributed by atoms with Crippen molar-refractivity contribution in [3.63, 3.8) is 0 Å². The van der Waals surface area contributed by atoms with Gasteiger partial charge in [-0.2, -0.15) is 0 Å². The zero-order valence-electron chi connectivity index (χ0n) is 12.3. The highest BCUT2D eigenvalue weighted by Crippen LogP contribution is 2.23. The number of sulfonamides is 1. The van der Waals surface area contributed by atoms with Gasteiger partial charge in [0.05, 0.1) is 18.4 Å². The van der Waals surface area contributed by atoms with Gasteiger partial charge in [-0.15, -0.1) is 0 Å². The van der Waals surface area contributed by atoms with Crippen molar-refractivity contribution in [3.8, 4) is 0 Å². The SMILES string of the molecule is CNS(=O)(=O)c1ccc(NCCOC2CCCC2)cc1N. The lowest BCUT2D eigenvalue weighted by molar-refractivity contribution is 0.0659. The van der Waals surface area contributed by atoms with Gasteiger partial charge in [0.1, 0.15) is 4.90 Å². The Morgan fingerprint density at radius 1 is 1.33 bits per heavy atom. The highest BCUT2D eigenvalue weighted by Gasteiger charge is 2.16. The van der Waals surface area contributed by atoms with Crippen LogP contribution in [-0.2, 0) is 14.8 Å². The minimum absolute atomic E-state index is 0.0951. The standard InChI is InChI=1S/C14H23N3O3S/c1-16-21(18,19)14-7-6-11(10-13(14)15)17-8-9-20-12-4-2-3-5-12/h6-7,10,12,16-17H,2-5,8-9,15H2,1H3. The lowest BCUT2D eigenvalue weighted by Crippen LogP contribution is -2.20. The molecule has 6 nitrogen and oxygen atoms in total. The first kappa shape index (κ1) is 16.1. The number of hydrogen-bond acceptors (Lipinski definition) is 5. The zero-order valence-corrected chi connectivity index (χ0v) is 13.1. The van der Waals surface area contributed by atoms with Crippen molar-refractivity contribution in [2.75, 3.05) is 31.2 Å². The van der Waals surface area contributed by atoms with E-state index in [0.29, 0.717) is 19.3 Å². The first-order valence-corrected chi connectivity index (χ1v) is 8.70. The molecular formula is C14H23N3O3S. The van der Waals surface area contributed by atoms with Crippen LogP contribution in [0.5, 0.6) is 0 Å². The third kappa shape index (κ3) is 4.33. The predicted octanol–water partition coefficient (Wildman–Crippen LogP) is 1.55. The lowest BCUT2D eigenvalue weighted by Gasteiger charge is -2.13. The van der Waals surface area contributed by atoms with Crippen LogP contribution in [0.1, 0.15) is 25.7 Å². The second-order valence-electron chi connectivity index (χ2n) is 5.16. The van der Waals surface area contributed by atoms with E-state index in [1.54, 1.807) is 12.1 Å². The summed E-state index contributed by atoms with van der Waals surface area (Å²) in [6, 6.07) is 4.83. The summed E-state index contributed by atoms with van der Waals surface area (Å²) < 4.78 is 31.4. The molecule has 2 rings (SSSR count). The zero-order chi connectivity index (χ0) is 15.3. The lowest BCUT2D eigenvalue weighted by atomic mass is 10.3. The first-order valence-electron chi connectivity index (χ1n) is 7.21. The van der Waals surface area contributed by atoms with Crippen LogP contribution in [0, 0.1) is 0 Å². The fourth-order valence-corrected chi connectivity index (χ4v) is 3.33. The van der Waals surface area contributed by atoms with Gasteiger partial charge in [-0.3, -0.25) is 0 Å². The molecule has 1 aliphatic rings. The molecule has 0 saturated heterocycles. The Morgan fingerprint density at radius 2 is 2.05 bits per heavy atom. The van der Waals surface area contributed by atoms with Crippen molar-refractivity contribution < 1.29 is 13.2 Å². The Labute approximate surface area is 126 Å². The topological polar surface area (TPSA) is 93.5 Å². The average Bonchev–Trinajstić information content (AvgIpc) is 2.96. The smallest absolute Gasteiger partial charge is 0.242 e. The van der Waals surface area contributed by atoms with Crippen molar-refractivity contribution in [2.45, 2.75) is 36.7 Å². The summed E-state index contributed by atoms with van der Waals surface area (Å²) in [6.07, 6.45) is 5.24. The van der Waals surface area contributed by atoms with Gasteiger partial charge in [0.15, 0.2) is 0 Å². The molecule has 0 heterocycles. The Bertz CT molecular complexity index is 569. The summed E-state index contributed by atoms with van der Waals surface area (Å²) in [5.41, 5.74) is 6.81. The summed E-state index contributed by atoms with van der Waals surface area (Å²) in [5, 5.41) is 3.19. The monoisotopic (exact) mass is 313 g/mol. The fourth-order valence-electron chi connectivity index (χ4n) is 2.49. The molecule has 0 spiro atoms. The molecule has 7 heteroatoms. The van der Waals surface area contributed by atoms with Crippen molar-refractivity contribution >= 4 is 21.4 Å². The van der Waals surface area contributed by atoms with Crippen molar-refractivity contribution in [2.24, 2.45) is 0 Å². The normalized spacial score (nSPS) is 16.2. The molecule has 0 radical (unpaired) electrons. The molecular weight excluding hydrogens is 290 g/mol. The third-order valence-electron chi connectivity index (χ3n) is 3.65. The van der Waals surface area contributed by atoms with Gasteiger partial charge in [-0.05, 0) is 38.1 Å². The molecule has 118 valence electrons. The summed E-state index contributed by atoms with van der Waals surface area (Å²) in [5.74, 6) is 0. The number of nitrogen functional groups attached to an aromatic ring is 1. The number of rotatable bonds is 7. The van der Waals surface area contributed by atoms with Crippen LogP contribution in [-0.4, -0.2) is 34.7 Å². The second kappa shape index (κ2) is 7.11. The highest BCUT2D eigenvalue weighted by atomic mass is 32.2. The van der Waals surface area contributed by atoms with Gasteiger partial charge in [0.2, 0.25) is 10.0 Å². The van der Waals surface area contributed by atoms with Crippen molar-refractivity contribution in [3.05, 3.63) is 18.2 Å².